The summed E-state index contributed by atoms with van der Waals surface area (Å²) in [5.74, 6) is 0.877. The van der Waals surface area contributed by atoms with Crippen LogP contribution in [0.5, 0.6) is 5.75 Å². The minimum absolute atomic E-state index is 0.0797. The lowest BCUT2D eigenvalue weighted by Crippen LogP contribution is -2.23. The Kier molecular flexibility index (Phi) is 5.51. The first-order valence-electron chi connectivity index (χ1n) is 6.87. The Bertz CT molecular complexity index is 615. The Morgan fingerprint density at radius 2 is 1.62 bits per heavy atom. The van der Waals surface area contributed by atoms with Gasteiger partial charge < -0.3 is 10.1 Å². The summed E-state index contributed by atoms with van der Waals surface area (Å²) in [6, 6.07) is 13.7. The van der Waals surface area contributed by atoms with Crippen molar-refractivity contribution in [1.29, 1.82) is 0 Å². The molecule has 0 aliphatic carbocycles. The fraction of sp³-hybridized carbons (Fsp3) is 0.294. The highest BCUT2D eigenvalue weighted by molar-refractivity contribution is 6.33. The van der Waals surface area contributed by atoms with E-state index >= 15 is 0 Å². The standard InChI is InChI=1S/C17H19Cl2NO/c1-11(14-6-4-5-7-17(14)21-3)20-12(2)15-10-13(18)8-9-16(15)19/h4-12,20H,1-3H3/t11-,12?/m0/s1. The van der Waals surface area contributed by atoms with Crippen molar-refractivity contribution in [2.24, 2.45) is 0 Å². The molecule has 2 aromatic carbocycles. The van der Waals surface area contributed by atoms with Crippen molar-refractivity contribution in [3.05, 3.63) is 63.6 Å². The SMILES string of the molecule is COc1ccccc1[C@H](C)NC(C)c1cc(Cl)ccc1Cl. The summed E-state index contributed by atoms with van der Waals surface area (Å²) in [6.45, 7) is 4.18. The van der Waals surface area contributed by atoms with Crippen molar-refractivity contribution >= 4 is 23.2 Å². The van der Waals surface area contributed by atoms with Gasteiger partial charge >= 0.3 is 0 Å². The summed E-state index contributed by atoms with van der Waals surface area (Å²) in [4.78, 5) is 0. The minimum Gasteiger partial charge on any atom is -0.496 e. The van der Waals surface area contributed by atoms with Gasteiger partial charge in [0.15, 0.2) is 0 Å². The summed E-state index contributed by atoms with van der Waals surface area (Å²) in [5, 5.41) is 4.93. The van der Waals surface area contributed by atoms with Crippen LogP contribution in [-0.2, 0) is 0 Å². The maximum Gasteiger partial charge on any atom is 0.123 e. The summed E-state index contributed by atoms with van der Waals surface area (Å²) in [5.41, 5.74) is 2.11. The maximum atomic E-state index is 6.26. The molecular formula is C17H19Cl2NO. The van der Waals surface area contributed by atoms with Gasteiger partial charge in [-0.3, -0.25) is 0 Å². The predicted molar refractivity (Wildman–Crippen MR) is 89.4 cm³/mol. The Balaban J connectivity index is 2.18. The second kappa shape index (κ2) is 7.17. The van der Waals surface area contributed by atoms with Crippen molar-refractivity contribution in [2.45, 2.75) is 25.9 Å². The molecule has 0 amide bonds. The minimum atomic E-state index is 0.0797. The lowest BCUT2D eigenvalue weighted by molar-refractivity contribution is 0.396. The van der Waals surface area contributed by atoms with Crippen molar-refractivity contribution in [1.82, 2.24) is 5.32 Å². The summed E-state index contributed by atoms with van der Waals surface area (Å²) < 4.78 is 5.41. The number of nitrogens with one attached hydrogen (secondary N) is 1. The fourth-order valence-electron chi connectivity index (χ4n) is 2.43. The Hall–Kier alpha value is -1.22. The van der Waals surface area contributed by atoms with Crippen LogP contribution in [0, 0.1) is 0 Å². The molecule has 0 saturated heterocycles. The number of para-hydroxylation sites is 1. The molecule has 0 heterocycles. The summed E-state index contributed by atoms with van der Waals surface area (Å²) >= 11 is 12.3. The second-order valence-electron chi connectivity index (χ2n) is 5.02. The molecule has 0 aliphatic heterocycles. The molecule has 1 N–H and O–H groups in total. The molecule has 2 atom stereocenters. The topological polar surface area (TPSA) is 21.3 Å². The van der Waals surface area contributed by atoms with Crippen molar-refractivity contribution in [2.75, 3.05) is 7.11 Å². The third-order valence-corrected chi connectivity index (χ3v) is 4.11. The van der Waals surface area contributed by atoms with Gasteiger partial charge in [-0.2, -0.15) is 0 Å². The van der Waals surface area contributed by atoms with Gasteiger partial charge in [-0.25, -0.2) is 0 Å². The molecule has 0 spiro atoms. The average molecular weight is 324 g/mol. The molecule has 0 radical (unpaired) electrons. The molecule has 2 nitrogen and oxygen atoms in total. The van der Waals surface area contributed by atoms with Crippen molar-refractivity contribution in [3.8, 4) is 5.75 Å². The quantitative estimate of drug-likeness (QED) is 0.793. The smallest absolute Gasteiger partial charge is 0.123 e. The maximum absolute atomic E-state index is 6.26. The van der Waals surface area contributed by atoms with Crippen molar-refractivity contribution in [3.63, 3.8) is 0 Å². The van der Waals surface area contributed by atoms with Gasteiger partial charge in [0, 0.05) is 27.7 Å². The first kappa shape index (κ1) is 16.2. The van der Waals surface area contributed by atoms with Gasteiger partial charge in [0.05, 0.1) is 7.11 Å². The number of rotatable bonds is 5. The number of hydrogen-bond donors (Lipinski definition) is 1. The molecule has 0 aliphatic rings. The normalized spacial score (nSPS) is 13.8. The summed E-state index contributed by atoms with van der Waals surface area (Å²) in [6.07, 6.45) is 0. The zero-order chi connectivity index (χ0) is 15.4. The molecule has 0 fully saturated rings. The highest BCUT2D eigenvalue weighted by Gasteiger charge is 2.16. The van der Waals surface area contributed by atoms with E-state index in [1.54, 1.807) is 13.2 Å². The fourth-order valence-corrected chi connectivity index (χ4v) is 2.89. The number of ether oxygens (including phenoxy) is 1. The lowest BCUT2D eigenvalue weighted by atomic mass is 10.0. The van der Waals surface area contributed by atoms with E-state index in [1.807, 2.05) is 30.3 Å². The van der Waals surface area contributed by atoms with E-state index in [4.69, 9.17) is 27.9 Å². The van der Waals surface area contributed by atoms with E-state index in [-0.39, 0.29) is 12.1 Å². The van der Waals surface area contributed by atoms with Crippen LogP contribution in [0.4, 0.5) is 0 Å². The monoisotopic (exact) mass is 323 g/mol. The number of benzene rings is 2. The zero-order valence-electron chi connectivity index (χ0n) is 12.4. The van der Waals surface area contributed by atoms with E-state index in [9.17, 15) is 0 Å². The van der Waals surface area contributed by atoms with E-state index in [1.165, 1.54) is 0 Å². The highest BCUT2D eigenvalue weighted by Crippen LogP contribution is 2.30. The largest absolute Gasteiger partial charge is 0.496 e. The van der Waals surface area contributed by atoms with Crippen LogP contribution < -0.4 is 10.1 Å². The molecule has 21 heavy (non-hydrogen) atoms. The molecular weight excluding hydrogens is 305 g/mol. The Labute approximate surface area is 136 Å². The van der Waals surface area contributed by atoms with Crippen LogP contribution in [0.2, 0.25) is 10.0 Å². The average Bonchev–Trinajstić information content (AvgIpc) is 2.49. The molecule has 2 aromatic rings. The molecule has 0 bridgehead atoms. The van der Waals surface area contributed by atoms with Crippen LogP contribution in [0.25, 0.3) is 0 Å². The summed E-state index contributed by atoms with van der Waals surface area (Å²) in [7, 11) is 1.68. The first-order valence-corrected chi connectivity index (χ1v) is 7.62. The molecule has 4 heteroatoms. The van der Waals surface area contributed by atoms with Crippen LogP contribution in [0.15, 0.2) is 42.5 Å². The molecule has 0 aromatic heterocycles. The second-order valence-corrected chi connectivity index (χ2v) is 5.86. The van der Waals surface area contributed by atoms with Crippen LogP contribution in [-0.4, -0.2) is 7.11 Å². The van der Waals surface area contributed by atoms with E-state index in [0.29, 0.717) is 10.0 Å². The van der Waals surface area contributed by atoms with Crippen molar-refractivity contribution < 1.29 is 4.74 Å². The van der Waals surface area contributed by atoms with Gasteiger partial charge in [-0.1, -0.05) is 41.4 Å². The van der Waals surface area contributed by atoms with Gasteiger partial charge in [-0.15, -0.1) is 0 Å². The van der Waals surface area contributed by atoms with Crippen LogP contribution >= 0.6 is 23.2 Å². The molecule has 2 rings (SSSR count). The highest BCUT2D eigenvalue weighted by atomic mass is 35.5. The first-order chi connectivity index (χ1) is 10.0. The van der Waals surface area contributed by atoms with E-state index in [0.717, 1.165) is 16.9 Å². The lowest BCUT2D eigenvalue weighted by Gasteiger charge is -2.23. The zero-order valence-corrected chi connectivity index (χ0v) is 13.9. The van der Waals surface area contributed by atoms with Gasteiger partial charge in [0.1, 0.15) is 5.75 Å². The number of hydrogen-bond acceptors (Lipinski definition) is 2. The Morgan fingerprint density at radius 1 is 0.952 bits per heavy atom. The molecule has 1 unspecified atom stereocenters. The van der Waals surface area contributed by atoms with Gasteiger partial charge in [0.25, 0.3) is 0 Å². The predicted octanol–water partition coefficient (Wildman–Crippen LogP) is 5.41. The number of halogens is 2. The Morgan fingerprint density at radius 3 is 2.33 bits per heavy atom. The van der Waals surface area contributed by atoms with Gasteiger partial charge in [0.2, 0.25) is 0 Å². The number of methoxy groups -OCH3 is 1. The van der Waals surface area contributed by atoms with Gasteiger partial charge in [-0.05, 0) is 43.7 Å². The molecule has 112 valence electrons. The van der Waals surface area contributed by atoms with E-state index in [2.05, 4.69) is 25.2 Å². The third-order valence-electron chi connectivity index (χ3n) is 3.53. The molecule has 0 saturated carbocycles. The third kappa shape index (κ3) is 3.91. The van der Waals surface area contributed by atoms with Crippen LogP contribution in [0.1, 0.15) is 37.1 Å². The van der Waals surface area contributed by atoms with E-state index < -0.39 is 0 Å². The van der Waals surface area contributed by atoms with Crippen LogP contribution in [0.3, 0.4) is 0 Å².